The zero-order chi connectivity index (χ0) is 12.1. The summed E-state index contributed by atoms with van der Waals surface area (Å²) in [5.41, 5.74) is 7.40. The highest BCUT2D eigenvalue weighted by molar-refractivity contribution is 9.10. The van der Waals surface area contributed by atoms with E-state index in [0.29, 0.717) is 6.54 Å². The van der Waals surface area contributed by atoms with Gasteiger partial charge < -0.3 is 15.2 Å². The molecule has 0 spiro atoms. The van der Waals surface area contributed by atoms with Crippen molar-refractivity contribution in [1.82, 2.24) is 0 Å². The molecule has 2 N–H and O–H groups in total. The first-order valence-corrected chi connectivity index (χ1v) is 5.72. The van der Waals surface area contributed by atoms with E-state index in [1.54, 1.807) is 14.2 Å². The van der Waals surface area contributed by atoms with Crippen LogP contribution in [-0.4, -0.2) is 20.8 Å². The fourth-order valence-corrected chi connectivity index (χ4v) is 2.04. The molecule has 1 aromatic rings. The van der Waals surface area contributed by atoms with Gasteiger partial charge in [-0.3, -0.25) is 0 Å². The van der Waals surface area contributed by atoms with E-state index in [9.17, 15) is 0 Å². The predicted octanol–water partition coefficient (Wildman–Crippen LogP) is 2.75. The van der Waals surface area contributed by atoms with Gasteiger partial charge in [0.2, 0.25) is 0 Å². The SMILES string of the molecule is COc1cc(/C=C/CN)c(OC)c(Br)c1C. The monoisotopic (exact) mass is 285 g/mol. The highest BCUT2D eigenvalue weighted by Gasteiger charge is 2.13. The lowest BCUT2D eigenvalue weighted by Gasteiger charge is -2.13. The number of nitrogens with two attached hydrogens (primary N) is 1. The maximum atomic E-state index is 5.44. The van der Waals surface area contributed by atoms with E-state index in [0.717, 1.165) is 27.1 Å². The second-order valence-electron chi connectivity index (χ2n) is 3.28. The number of methoxy groups -OCH3 is 2. The Balaban J connectivity index is 3.35. The number of rotatable bonds is 4. The molecule has 3 nitrogen and oxygen atoms in total. The molecule has 88 valence electrons. The van der Waals surface area contributed by atoms with Crippen LogP contribution in [0.15, 0.2) is 16.6 Å². The van der Waals surface area contributed by atoms with Crippen molar-refractivity contribution in [2.75, 3.05) is 20.8 Å². The Labute approximate surface area is 104 Å². The molecule has 0 aliphatic heterocycles. The molecule has 0 bridgehead atoms. The maximum Gasteiger partial charge on any atom is 0.140 e. The summed E-state index contributed by atoms with van der Waals surface area (Å²) in [4.78, 5) is 0. The third kappa shape index (κ3) is 2.57. The number of benzene rings is 1. The van der Waals surface area contributed by atoms with Gasteiger partial charge >= 0.3 is 0 Å². The summed E-state index contributed by atoms with van der Waals surface area (Å²) in [5.74, 6) is 1.62. The molecule has 0 saturated carbocycles. The number of hydrogen-bond donors (Lipinski definition) is 1. The zero-order valence-electron chi connectivity index (χ0n) is 9.71. The minimum absolute atomic E-state index is 0.497. The molecule has 4 heteroatoms. The van der Waals surface area contributed by atoms with E-state index in [2.05, 4.69) is 15.9 Å². The molecule has 0 saturated heterocycles. The van der Waals surface area contributed by atoms with Crippen molar-refractivity contribution in [3.8, 4) is 11.5 Å². The third-order valence-corrected chi connectivity index (χ3v) is 3.26. The molecule has 0 fully saturated rings. The number of ether oxygens (including phenoxy) is 2. The average molecular weight is 286 g/mol. The van der Waals surface area contributed by atoms with E-state index in [-0.39, 0.29) is 0 Å². The van der Waals surface area contributed by atoms with Gasteiger partial charge in [-0.25, -0.2) is 0 Å². The number of hydrogen-bond acceptors (Lipinski definition) is 3. The van der Waals surface area contributed by atoms with Gasteiger partial charge in [0.05, 0.1) is 18.7 Å². The Kier molecular flexibility index (Phi) is 4.83. The van der Waals surface area contributed by atoms with E-state index < -0.39 is 0 Å². The molecular weight excluding hydrogens is 270 g/mol. The highest BCUT2D eigenvalue weighted by atomic mass is 79.9. The quantitative estimate of drug-likeness (QED) is 0.925. The zero-order valence-corrected chi connectivity index (χ0v) is 11.3. The van der Waals surface area contributed by atoms with Crippen molar-refractivity contribution in [3.63, 3.8) is 0 Å². The molecule has 0 heterocycles. The second kappa shape index (κ2) is 5.92. The van der Waals surface area contributed by atoms with Gasteiger partial charge in [-0.15, -0.1) is 0 Å². The van der Waals surface area contributed by atoms with Gasteiger partial charge in [-0.05, 0) is 28.9 Å². The first-order valence-electron chi connectivity index (χ1n) is 4.93. The van der Waals surface area contributed by atoms with Crippen molar-refractivity contribution < 1.29 is 9.47 Å². The van der Waals surface area contributed by atoms with Crippen molar-refractivity contribution in [1.29, 1.82) is 0 Å². The van der Waals surface area contributed by atoms with Crippen molar-refractivity contribution in [2.24, 2.45) is 5.73 Å². The summed E-state index contributed by atoms with van der Waals surface area (Å²) in [6.07, 6.45) is 3.80. The summed E-state index contributed by atoms with van der Waals surface area (Å²) < 4.78 is 11.6. The lowest BCUT2D eigenvalue weighted by molar-refractivity contribution is 0.397. The normalized spacial score (nSPS) is 10.8. The number of halogens is 1. The van der Waals surface area contributed by atoms with Crippen molar-refractivity contribution >= 4 is 22.0 Å². The fourth-order valence-electron chi connectivity index (χ4n) is 1.46. The van der Waals surface area contributed by atoms with E-state index in [4.69, 9.17) is 15.2 Å². The first kappa shape index (κ1) is 13.1. The molecule has 0 aliphatic rings. The van der Waals surface area contributed by atoms with Gasteiger partial charge in [0.1, 0.15) is 11.5 Å². The summed E-state index contributed by atoms with van der Waals surface area (Å²) in [6.45, 7) is 2.47. The molecule has 0 aliphatic carbocycles. The van der Waals surface area contributed by atoms with Crippen LogP contribution >= 0.6 is 15.9 Å². The Morgan fingerprint density at radius 1 is 1.38 bits per heavy atom. The smallest absolute Gasteiger partial charge is 0.140 e. The van der Waals surface area contributed by atoms with Crippen LogP contribution in [-0.2, 0) is 0 Å². The molecule has 0 amide bonds. The Hall–Kier alpha value is -1.00. The topological polar surface area (TPSA) is 44.5 Å². The third-order valence-electron chi connectivity index (χ3n) is 2.30. The summed E-state index contributed by atoms with van der Waals surface area (Å²) >= 11 is 3.50. The van der Waals surface area contributed by atoms with Crippen LogP contribution in [0.1, 0.15) is 11.1 Å². The lowest BCUT2D eigenvalue weighted by Crippen LogP contribution is -1.96. The molecule has 1 rings (SSSR count). The Morgan fingerprint density at radius 3 is 2.56 bits per heavy atom. The van der Waals surface area contributed by atoms with Crippen LogP contribution in [0, 0.1) is 6.92 Å². The molecule has 0 radical (unpaired) electrons. The molecular formula is C12H16BrNO2. The molecule has 0 aromatic heterocycles. The van der Waals surface area contributed by atoms with Crippen LogP contribution in [0.25, 0.3) is 6.08 Å². The Morgan fingerprint density at radius 2 is 2.06 bits per heavy atom. The Bertz CT molecular complexity index is 402. The van der Waals surface area contributed by atoms with Crippen LogP contribution in [0.5, 0.6) is 11.5 Å². The minimum atomic E-state index is 0.497. The summed E-state index contributed by atoms with van der Waals surface area (Å²) in [7, 11) is 3.30. The van der Waals surface area contributed by atoms with Gasteiger partial charge in [0.15, 0.2) is 0 Å². The lowest BCUT2D eigenvalue weighted by atomic mass is 10.1. The highest BCUT2D eigenvalue weighted by Crippen LogP contribution is 2.38. The van der Waals surface area contributed by atoms with Gasteiger partial charge in [-0.1, -0.05) is 12.2 Å². The predicted molar refractivity (Wildman–Crippen MR) is 70.1 cm³/mol. The van der Waals surface area contributed by atoms with Crippen LogP contribution in [0.3, 0.4) is 0 Å². The van der Waals surface area contributed by atoms with E-state index in [1.165, 1.54) is 0 Å². The fraction of sp³-hybridized carbons (Fsp3) is 0.333. The second-order valence-corrected chi connectivity index (χ2v) is 4.07. The van der Waals surface area contributed by atoms with Crippen LogP contribution in [0.2, 0.25) is 0 Å². The van der Waals surface area contributed by atoms with E-state index >= 15 is 0 Å². The van der Waals surface area contributed by atoms with Crippen LogP contribution in [0.4, 0.5) is 0 Å². The largest absolute Gasteiger partial charge is 0.496 e. The molecule has 16 heavy (non-hydrogen) atoms. The van der Waals surface area contributed by atoms with Gasteiger partial charge in [0, 0.05) is 17.7 Å². The summed E-state index contributed by atoms with van der Waals surface area (Å²) in [5, 5.41) is 0. The molecule has 1 aromatic carbocycles. The molecule has 0 atom stereocenters. The first-order chi connectivity index (χ1) is 7.65. The summed E-state index contributed by atoms with van der Waals surface area (Å²) in [6, 6.07) is 1.94. The van der Waals surface area contributed by atoms with Crippen LogP contribution < -0.4 is 15.2 Å². The van der Waals surface area contributed by atoms with Crippen molar-refractivity contribution in [3.05, 3.63) is 27.7 Å². The maximum absolute atomic E-state index is 5.44. The van der Waals surface area contributed by atoms with E-state index in [1.807, 2.05) is 25.1 Å². The van der Waals surface area contributed by atoms with Gasteiger partial charge in [0.25, 0.3) is 0 Å². The van der Waals surface area contributed by atoms with Crippen molar-refractivity contribution in [2.45, 2.75) is 6.92 Å². The standard InChI is InChI=1S/C12H16BrNO2/c1-8-10(15-2)7-9(5-4-6-14)12(16-3)11(8)13/h4-5,7H,6,14H2,1-3H3/b5-4+. The molecule has 0 unspecified atom stereocenters. The minimum Gasteiger partial charge on any atom is -0.496 e. The van der Waals surface area contributed by atoms with Gasteiger partial charge in [-0.2, -0.15) is 0 Å². The average Bonchev–Trinajstić information content (AvgIpc) is 2.30.